The van der Waals surface area contributed by atoms with Gasteiger partial charge in [0.05, 0.1) is 18.7 Å². The predicted molar refractivity (Wildman–Crippen MR) is 105 cm³/mol. The highest BCUT2D eigenvalue weighted by Gasteiger charge is 2.24. The van der Waals surface area contributed by atoms with E-state index < -0.39 is 11.7 Å². The molecule has 2 rings (SSSR count). The van der Waals surface area contributed by atoms with Crippen LogP contribution >= 0.6 is 0 Å². The maximum atomic E-state index is 13.0. The average Bonchev–Trinajstić information content (AvgIpc) is 2.67. The zero-order valence-electron chi connectivity index (χ0n) is 17.0. The number of amides is 2. The smallest absolute Gasteiger partial charge is 0.407 e. The Morgan fingerprint density at radius 2 is 1.93 bits per heavy atom. The van der Waals surface area contributed by atoms with Crippen LogP contribution in [0, 0.1) is 5.92 Å². The van der Waals surface area contributed by atoms with Crippen LogP contribution < -0.4 is 20.7 Å². The summed E-state index contributed by atoms with van der Waals surface area (Å²) in [6.07, 6.45) is 4.09. The van der Waals surface area contributed by atoms with Crippen molar-refractivity contribution in [2.45, 2.75) is 39.2 Å². The maximum absolute atomic E-state index is 13.0. The Morgan fingerprint density at radius 1 is 1.31 bits per heavy atom. The van der Waals surface area contributed by atoms with Gasteiger partial charge in [-0.1, -0.05) is 0 Å². The fraction of sp³-hybridized carbons (Fsp3) is 0.579. The van der Waals surface area contributed by atoms with Crippen molar-refractivity contribution < 1.29 is 23.5 Å². The second-order valence-corrected chi connectivity index (χ2v) is 7.79. The molecular formula is C19H28FN5O4. The summed E-state index contributed by atoms with van der Waals surface area (Å²) < 4.78 is 23.6. The number of hydrogen-bond acceptors (Lipinski definition) is 7. The van der Waals surface area contributed by atoms with E-state index >= 15 is 0 Å². The number of nitrogens with zero attached hydrogens (tertiary/aromatic N) is 3. The van der Waals surface area contributed by atoms with Crippen molar-refractivity contribution in [1.29, 1.82) is 0 Å². The molecule has 0 aromatic carbocycles. The third-order valence-electron chi connectivity index (χ3n) is 4.23. The van der Waals surface area contributed by atoms with Gasteiger partial charge in [0.25, 0.3) is 0 Å². The molecule has 1 aliphatic rings. The molecule has 9 nitrogen and oxygen atoms in total. The van der Waals surface area contributed by atoms with E-state index in [2.05, 4.69) is 15.3 Å². The molecule has 1 aromatic rings. The minimum Gasteiger partial charge on any atom is -0.486 e. The first-order valence-electron chi connectivity index (χ1n) is 9.42. The van der Waals surface area contributed by atoms with Crippen molar-refractivity contribution in [3.63, 3.8) is 0 Å². The molecule has 29 heavy (non-hydrogen) atoms. The molecule has 2 heterocycles. The van der Waals surface area contributed by atoms with Gasteiger partial charge in [-0.15, -0.1) is 0 Å². The van der Waals surface area contributed by atoms with Gasteiger partial charge >= 0.3 is 6.09 Å². The summed E-state index contributed by atoms with van der Waals surface area (Å²) in [5.41, 5.74) is 4.94. The normalized spacial score (nSPS) is 15.7. The number of primary amides is 1. The number of carbonyl (C=O) groups is 2. The number of anilines is 1. The Labute approximate surface area is 169 Å². The molecule has 1 saturated heterocycles. The van der Waals surface area contributed by atoms with Gasteiger partial charge in [0.1, 0.15) is 12.2 Å². The van der Waals surface area contributed by atoms with Crippen LogP contribution in [0.15, 0.2) is 24.3 Å². The molecule has 0 spiro atoms. The second kappa shape index (κ2) is 10.0. The van der Waals surface area contributed by atoms with E-state index in [0.717, 1.165) is 0 Å². The molecule has 1 aliphatic heterocycles. The Bertz CT molecular complexity index is 725. The number of rotatable bonds is 7. The van der Waals surface area contributed by atoms with Crippen molar-refractivity contribution >= 4 is 17.9 Å². The van der Waals surface area contributed by atoms with Crippen LogP contribution in [0.25, 0.3) is 0 Å². The van der Waals surface area contributed by atoms with Crippen molar-refractivity contribution in [1.82, 2.24) is 15.3 Å². The number of nitrogens with one attached hydrogen (secondary N) is 1. The van der Waals surface area contributed by atoms with E-state index in [0.29, 0.717) is 44.0 Å². The lowest BCUT2D eigenvalue weighted by atomic mass is 9.96. The summed E-state index contributed by atoms with van der Waals surface area (Å²) in [6.45, 7) is 6.41. The summed E-state index contributed by atoms with van der Waals surface area (Å²) in [7, 11) is 0. The van der Waals surface area contributed by atoms with Crippen LogP contribution in [0.4, 0.5) is 15.1 Å². The first kappa shape index (κ1) is 22.4. The van der Waals surface area contributed by atoms with Gasteiger partial charge in [0, 0.05) is 31.1 Å². The topological polar surface area (TPSA) is 120 Å². The molecule has 0 unspecified atom stereocenters. The Balaban J connectivity index is 1.79. The second-order valence-electron chi connectivity index (χ2n) is 7.79. The number of piperidine rings is 1. The van der Waals surface area contributed by atoms with Gasteiger partial charge in [-0.05, 0) is 33.6 Å². The van der Waals surface area contributed by atoms with Gasteiger partial charge in [-0.3, -0.25) is 4.79 Å². The molecule has 1 aromatic heterocycles. The molecule has 0 atom stereocenters. The standard InChI is InChI=1S/C19H28FN5O4/c1-19(2,3)29-18(27)24-9-13(8-20)12-28-15-10-22-17(23-11-15)25-6-4-14(5-7-25)16(21)26/h8,10-11,14H,4-7,9,12H2,1-3H3,(H2,21,26)(H,24,27)/b13-8+. The quantitative estimate of drug-likeness (QED) is 0.706. The molecule has 3 N–H and O–H groups in total. The fourth-order valence-electron chi connectivity index (χ4n) is 2.71. The van der Waals surface area contributed by atoms with Crippen molar-refractivity contribution in [3.05, 3.63) is 24.3 Å². The lowest BCUT2D eigenvalue weighted by Crippen LogP contribution is -2.39. The van der Waals surface area contributed by atoms with Gasteiger partial charge < -0.3 is 25.4 Å². The minimum absolute atomic E-state index is 0.0425. The molecule has 0 saturated carbocycles. The summed E-state index contributed by atoms with van der Waals surface area (Å²) in [5.74, 6) is 0.534. The van der Waals surface area contributed by atoms with Crippen LogP contribution in [-0.2, 0) is 9.53 Å². The Morgan fingerprint density at radius 3 is 2.45 bits per heavy atom. The number of halogens is 1. The molecule has 0 radical (unpaired) electrons. The number of nitrogens with two attached hydrogens (primary N) is 1. The fourth-order valence-corrected chi connectivity index (χ4v) is 2.71. The monoisotopic (exact) mass is 409 g/mol. The van der Waals surface area contributed by atoms with E-state index in [1.54, 1.807) is 20.8 Å². The Hall–Kier alpha value is -2.91. The molecular weight excluding hydrogens is 381 g/mol. The Kier molecular flexibility index (Phi) is 7.74. The first-order chi connectivity index (χ1) is 13.7. The molecule has 10 heteroatoms. The van der Waals surface area contributed by atoms with E-state index in [9.17, 15) is 14.0 Å². The number of alkyl carbamates (subject to hydrolysis) is 1. The summed E-state index contributed by atoms with van der Waals surface area (Å²) >= 11 is 0. The molecule has 0 aliphatic carbocycles. The van der Waals surface area contributed by atoms with E-state index in [1.807, 2.05) is 4.90 Å². The molecule has 0 bridgehead atoms. The largest absolute Gasteiger partial charge is 0.486 e. The SMILES string of the molecule is CC(C)(C)OC(=O)NC/C(=C\F)COc1cnc(N2CCC(C(N)=O)CC2)nc1. The highest BCUT2D eigenvalue weighted by Crippen LogP contribution is 2.21. The lowest BCUT2D eigenvalue weighted by Gasteiger charge is -2.30. The molecule has 1 fully saturated rings. The minimum atomic E-state index is -0.635. The van der Waals surface area contributed by atoms with Gasteiger partial charge in [-0.25, -0.2) is 19.2 Å². The van der Waals surface area contributed by atoms with Crippen LogP contribution in [0.2, 0.25) is 0 Å². The third-order valence-corrected chi connectivity index (χ3v) is 4.23. The zero-order valence-corrected chi connectivity index (χ0v) is 17.0. The average molecular weight is 409 g/mol. The van der Waals surface area contributed by atoms with E-state index in [4.69, 9.17) is 15.2 Å². The maximum Gasteiger partial charge on any atom is 0.407 e. The molecule has 160 valence electrons. The lowest BCUT2D eigenvalue weighted by molar-refractivity contribution is -0.122. The summed E-state index contributed by atoms with van der Waals surface area (Å²) in [5, 5.41) is 2.47. The van der Waals surface area contributed by atoms with Gasteiger partial charge in [0.2, 0.25) is 11.9 Å². The predicted octanol–water partition coefficient (Wildman–Crippen LogP) is 1.94. The number of carbonyl (C=O) groups excluding carboxylic acids is 2. The van der Waals surface area contributed by atoms with E-state index in [1.165, 1.54) is 12.4 Å². The van der Waals surface area contributed by atoms with Crippen molar-refractivity contribution in [2.24, 2.45) is 11.7 Å². The van der Waals surface area contributed by atoms with Crippen LogP contribution in [0.1, 0.15) is 33.6 Å². The summed E-state index contributed by atoms with van der Waals surface area (Å²) in [6, 6.07) is 0. The van der Waals surface area contributed by atoms with Crippen LogP contribution in [-0.4, -0.2) is 53.8 Å². The van der Waals surface area contributed by atoms with E-state index in [-0.39, 0.29) is 30.5 Å². The highest BCUT2D eigenvalue weighted by atomic mass is 19.1. The zero-order chi connectivity index (χ0) is 21.4. The van der Waals surface area contributed by atoms with Crippen molar-refractivity contribution in [3.8, 4) is 5.75 Å². The molecule has 2 amide bonds. The third kappa shape index (κ3) is 7.55. The van der Waals surface area contributed by atoms with Gasteiger partial charge in [0.15, 0.2) is 5.75 Å². The highest BCUT2D eigenvalue weighted by molar-refractivity contribution is 5.76. The van der Waals surface area contributed by atoms with Crippen LogP contribution in [0.3, 0.4) is 0 Å². The van der Waals surface area contributed by atoms with Crippen molar-refractivity contribution in [2.75, 3.05) is 31.1 Å². The first-order valence-corrected chi connectivity index (χ1v) is 9.42. The summed E-state index contributed by atoms with van der Waals surface area (Å²) in [4.78, 5) is 33.4. The number of hydrogen-bond donors (Lipinski definition) is 2. The van der Waals surface area contributed by atoms with Crippen LogP contribution in [0.5, 0.6) is 5.75 Å². The number of aromatic nitrogens is 2. The van der Waals surface area contributed by atoms with Gasteiger partial charge in [-0.2, -0.15) is 0 Å². The number of ether oxygens (including phenoxy) is 2.